The minimum absolute atomic E-state index is 0.298. The van der Waals surface area contributed by atoms with E-state index in [2.05, 4.69) is 5.32 Å². The highest BCUT2D eigenvalue weighted by atomic mass is 35.5. The summed E-state index contributed by atoms with van der Waals surface area (Å²) in [5.74, 6) is -0.898. The Morgan fingerprint density at radius 1 is 1.13 bits per heavy atom. The van der Waals surface area contributed by atoms with Crippen LogP contribution in [-0.4, -0.2) is 17.9 Å². The molecule has 1 atom stereocenters. The smallest absolute Gasteiger partial charge is 0.251 e. The number of primary amides is 1. The summed E-state index contributed by atoms with van der Waals surface area (Å²) in [6, 6.07) is 11.9. The molecule has 0 saturated carbocycles. The van der Waals surface area contributed by atoms with Gasteiger partial charge in [-0.05, 0) is 43.7 Å². The maximum Gasteiger partial charge on any atom is 0.251 e. The largest absolute Gasteiger partial charge is 0.368 e. The second-order valence-corrected chi connectivity index (χ2v) is 6.08. The molecule has 0 bridgehead atoms. The lowest BCUT2D eigenvalue weighted by atomic mass is 10.0. The van der Waals surface area contributed by atoms with Crippen molar-refractivity contribution in [2.24, 2.45) is 5.73 Å². The summed E-state index contributed by atoms with van der Waals surface area (Å²) in [7, 11) is 0. The third kappa shape index (κ3) is 4.83. The van der Waals surface area contributed by atoms with Crippen molar-refractivity contribution in [2.45, 2.75) is 26.3 Å². The first-order valence-electron chi connectivity index (χ1n) is 7.28. The molecule has 2 amide bonds. The third-order valence-electron chi connectivity index (χ3n) is 3.46. The zero-order chi connectivity index (χ0) is 17.0. The van der Waals surface area contributed by atoms with Crippen molar-refractivity contribution in [1.82, 2.24) is 5.32 Å². The van der Waals surface area contributed by atoms with Crippen molar-refractivity contribution < 1.29 is 9.59 Å². The number of nitrogens with one attached hydrogen (secondary N) is 1. The van der Waals surface area contributed by atoms with Crippen LogP contribution in [0.15, 0.2) is 42.5 Å². The number of carbonyl (C=O) groups excluding carboxylic acids is 2. The summed E-state index contributed by atoms with van der Waals surface area (Å²) < 4.78 is 0. The molecule has 0 heterocycles. The molecule has 0 aliphatic heterocycles. The molecule has 2 aromatic carbocycles. The van der Waals surface area contributed by atoms with E-state index in [0.29, 0.717) is 17.0 Å². The van der Waals surface area contributed by atoms with Crippen LogP contribution in [0.5, 0.6) is 0 Å². The summed E-state index contributed by atoms with van der Waals surface area (Å²) in [5.41, 5.74) is 8.74. The molecule has 0 unspecified atom stereocenters. The first kappa shape index (κ1) is 17.0. The second kappa shape index (κ2) is 7.29. The van der Waals surface area contributed by atoms with Crippen LogP contribution < -0.4 is 11.1 Å². The first-order chi connectivity index (χ1) is 10.8. The molecule has 2 aromatic rings. The molecular weight excluding hydrogens is 312 g/mol. The van der Waals surface area contributed by atoms with E-state index in [9.17, 15) is 9.59 Å². The fraction of sp³-hybridized carbons (Fsp3) is 0.222. The van der Waals surface area contributed by atoms with Gasteiger partial charge in [-0.25, -0.2) is 0 Å². The molecule has 23 heavy (non-hydrogen) atoms. The number of aryl methyl sites for hydroxylation is 2. The number of amides is 2. The first-order valence-corrected chi connectivity index (χ1v) is 7.66. The number of hydrogen-bond acceptors (Lipinski definition) is 2. The maximum atomic E-state index is 12.4. The van der Waals surface area contributed by atoms with E-state index in [0.717, 1.165) is 16.7 Å². The van der Waals surface area contributed by atoms with Crippen molar-refractivity contribution >= 4 is 23.4 Å². The van der Waals surface area contributed by atoms with Gasteiger partial charge in [0.15, 0.2) is 0 Å². The zero-order valence-corrected chi connectivity index (χ0v) is 13.9. The van der Waals surface area contributed by atoms with E-state index in [1.165, 1.54) is 0 Å². The van der Waals surface area contributed by atoms with Gasteiger partial charge in [0.2, 0.25) is 5.91 Å². The van der Waals surface area contributed by atoms with Gasteiger partial charge in [0.1, 0.15) is 6.04 Å². The summed E-state index contributed by atoms with van der Waals surface area (Å²) in [6.07, 6.45) is 0.298. The molecule has 0 radical (unpaired) electrons. The van der Waals surface area contributed by atoms with Crippen LogP contribution in [0.2, 0.25) is 5.02 Å². The fourth-order valence-corrected chi connectivity index (χ4v) is 2.68. The van der Waals surface area contributed by atoms with Gasteiger partial charge in [-0.15, -0.1) is 0 Å². The highest BCUT2D eigenvalue weighted by Gasteiger charge is 2.19. The Kier molecular flexibility index (Phi) is 5.40. The Labute approximate surface area is 140 Å². The van der Waals surface area contributed by atoms with Crippen LogP contribution in [0, 0.1) is 13.8 Å². The SMILES string of the molecule is Cc1cc(C)cc(C(=O)N[C@H](Cc2cccc(Cl)c2)C(N)=O)c1. The van der Waals surface area contributed by atoms with Gasteiger partial charge >= 0.3 is 0 Å². The van der Waals surface area contributed by atoms with Gasteiger partial charge in [-0.2, -0.15) is 0 Å². The number of carbonyl (C=O) groups is 2. The molecule has 0 fully saturated rings. The minimum atomic E-state index is -0.790. The van der Waals surface area contributed by atoms with Crippen molar-refractivity contribution in [3.05, 3.63) is 69.7 Å². The average Bonchev–Trinajstić information content (AvgIpc) is 2.45. The van der Waals surface area contributed by atoms with Crippen molar-refractivity contribution in [2.75, 3.05) is 0 Å². The normalized spacial score (nSPS) is 11.8. The molecule has 0 saturated heterocycles. The Hall–Kier alpha value is -2.33. The molecule has 2 rings (SSSR count). The van der Waals surface area contributed by atoms with Gasteiger partial charge in [0, 0.05) is 17.0 Å². The lowest BCUT2D eigenvalue weighted by Crippen LogP contribution is -2.45. The molecule has 0 aromatic heterocycles. The predicted octanol–water partition coefficient (Wildman–Crippen LogP) is 2.78. The van der Waals surface area contributed by atoms with Gasteiger partial charge in [-0.1, -0.05) is 40.9 Å². The summed E-state index contributed by atoms with van der Waals surface area (Å²) in [6.45, 7) is 3.84. The molecule has 0 aliphatic rings. The molecule has 0 spiro atoms. The van der Waals surface area contributed by atoms with E-state index in [1.54, 1.807) is 30.3 Å². The lowest BCUT2D eigenvalue weighted by Gasteiger charge is -2.16. The van der Waals surface area contributed by atoms with Crippen LogP contribution in [0.25, 0.3) is 0 Å². The minimum Gasteiger partial charge on any atom is -0.368 e. The molecular formula is C18H19ClN2O2. The standard InChI is InChI=1S/C18H19ClN2O2/c1-11-6-12(2)8-14(7-11)18(23)21-16(17(20)22)10-13-4-3-5-15(19)9-13/h3-9,16H,10H2,1-2H3,(H2,20,22)(H,21,23)/t16-/m1/s1. The van der Waals surface area contributed by atoms with Crippen molar-refractivity contribution in [3.63, 3.8) is 0 Å². The third-order valence-corrected chi connectivity index (χ3v) is 3.70. The number of halogens is 1. The summed E-state index contributed by atoms with van der Waals surface area (Å²) >= 11 is 5.94. The predicted molar refractivity (Wildman–Crippen MR) is 91.5 cm³/mol. The topological polar surface area (TPSA) is 72.2 Å². The van der Waals surface area contributed by atoms with Crippen molar-refractivity contribution in [3.8, 4) is 0 Å². The van der Waals surface area contributed by atoms with Gasteiger partial charge in [0.25, 0.3) is 5.91 Å². The van der Waals surface area contributed by atoms with Crippen LogP contribution in [0.3, 0.4) is 0 Å². The Bertz CT molecular complexity index is 723. The van der Waals surface area contributed by atoms with E-state index in [4.69, 9.17) is 17.3 Å². The van der Waals surface area contributed by atoms with Gasteiger partial charge in [0.05, 0.1) is 0 Å². The van der Waals surface area contributed by atoms with Gasteiger partial charge in [-0.3, -0.25) is 9.59 Å². The monoisotopic (exact) mass is 330 g/mol. The second-order valence-electron chi connectivity index (χ2n) is 5.64. The maximum absolute atomic E-state index is 12.4. The summed E-state index contributed by atoms with van der Waals surface area (Å²) in [5, 5.41) is 3.27. The van der Waals surface area contributed by atoms with E-state index < -0.39 is 11.9 Å². The Morgan fingerprint density at radius 2 is 1.78 bits per heavy atom. The number of benzene rings is 2. The molecule has 3 N–H and O–H groups in total. The zero-order valence-electron chi connectivity index (χ0n) is 13.1. The summed E-state index contributed by atoms with van der Waals surface area (Å²) in [4.78, 5) is 24.0. The molecule has 5 heteroatoms. The van der Waals surface area contributed by atoms with Crippen LogP contribution in [0.4, 0.5) is 0 Å². The Balaban J connectivity index is 2.15. The number of nitrogens with two attached hydrogens (primary N) is 1. The van der Waals surface area contributed by atoms with Crippen LogP contribution in [0.1, 0.15) is 27.0 Å². The highest BCUT2D eigenvalue weighted by Crippen LogP contribution is 2.13. The quantitative estimate of drug-likeness (QED) is 0.884. The number of hydrogen-bond donors (Lipinski definition) is 2. The Morgan fingerprint density at radius 3 is 2.35 bits per heavy atom. The molecule has 4 nitrogen and oxygen atoms in total. The van der Waals surface area contributed by atoms with Gasteiger partial charge < -0.3 is 11.1 Å². The highest BCUT2D eigenvalue weighted by molar-refractivity contribution is 6.30. The molecule has 120 valence electrons. The fourth-order valence-electron chi connectivity index (χ4n) is 2.47. The van der Waals surface area contributed by atoms with E-state index in [1.807, 2.05) is 26.0 Å². The number of rotatable bonds is 5. The van der Waals surface area contributed by atoms with Crippen LogP contribution >= 0.6 is 11.6 Å². The van der Waals surface area contributed by atoms with Crippen LogP contribution in [-0.2, 0) is 11.2 Å². The van der Waals surface area contributed by atoms with Crippen molar-refractivity contribution in [1.29, 1.82) is 0 Å². The van der Waals surface area contributed by atoms with E-state index >= 15 is 0 Å². The molecule has 0 aliphatic carbocycles. The van der Waals surface area contributed by atoms with E-state index in [-0.39, 0.29) is 5.91 Å². The average molecular weight is 331 g/mol. The lowest BCUT2D eigenvalue weighted by molar-refractivity contribution is -0.119.